The van der Waals surface area contributed by atoms with Crippen molar-refractivity contribution in [1.29, 1.82) is 0 Å². The van der Waals surface area contributed by atoms with E-state index in [2.05, 4.69) is 0 Å². The molecule has 0 saturated heterocycles. The molecule has 2 atom stereocenters. The zero-order chi connectivity index (χ0) is 15.2. The number of carboxylic acid groups (broad SMARTS) is 4. The van der Waals surface area contributed by atoms with Gasteiger partial charge in [0, 0.05) is 0 Å². The highest BCUT2D eigenvalue weighted by Gasteiger charge is 2.39. The van der Waals surface area contributed by atoms with Crippen molar-refractivity contribution in [3.8, 4) is 0 Å². The summed E-state index contributed by atoms with van der Waals surface area (Å²) in [4.78, 5) is 42.4. The molecule has 0 aliphatic rings. The Balaban J connectivity index is 4.77. The van der Waals surface area contributed by atoms with E-state index in [0.717, 1.165) is 0 Å². The summed E-state index contributed by atoms with van der Waals surface area (Å²) in [6.07, 6.45) is -2.96. The first-order chi connectivity index (χ1) is 8.58. The zero-order valence-corrected chi connectivity index (χ0v) is 9.77. The molecule has 0 saturated carbocycles. The minimum atomic E-state index is -2.61. The lowest BCUT2D eigenvalue weighted by Crippen LogP contribution is -2.41. The molecule has 2 unspecified atom stereocenters. The van der Waals surface area contributed by atoms with E-state index in [1.807, 2.05) is 0 Å². The van der Waals surface area contributed by atoms with Gasteiger partial charge in [0.2, 0.25) is 0 Å². The van der Waals surface area contributed by atoms with Crippen LogP contribution < -0.4 is 0 Å². The molecule has 0 aromatic carbocycles. The van der Waals surface area contributed by atoms with Crippen molar-refractivity contribution < 1.29 is 44.7 Å². The second kappa shape index (κ2) is 6.69. The molecule has 9 nitrogen and oxygen atoms in total. The van der Waals surface area contributed by atoms with Crippen LogP contribution >= 0.6 is 0 Å². The summed E-state index contributed by atoms with van der Waals surface area (Å²) in [6, 6.07) is 0. The maximum absolute atomic E-state index is 10.8. The van der Waals surface area contributed by atoms with Gasteiger partial charge in [-0.25, -0.2) is 4.79 Å². The molecule has 108 valence electrons. The largest absolute Gasteiger partial charge is 0.481 e. The normalized spacial score (nSPS) is 15.2. The molecule has 0 heterocycles. The molecule has 0 rings (SSSR count). The van der Waals surface area contributed by atoms with Crippen LogP contribution in [0.4, 0.5) is 0 Å². The molecule has 0 aromatic heterocycles. The van der Waals surface area contributed by atoms with E-state index in [9.17, 15) is 24.3 Å². The molecule has 19 heavy (non-hydrogen) atoms. The van der Waals surface area contributed by atoms with Crippen LogP contribution in [-0.2, 0) is 19.2 Å². The van der Waals surface area contributed by atoms with Gasteiger partial charge in [-0.15, -0.1) is 0 Å². The summed E-state index contributed by atoms with van der Waals surface area (Å²) in [7, 11) is 0. The van der Waals surface area contributed by atoms with Gasteiger partial charge in [0.05, 0.1) is 18.8 Å². The maximum atomic E-state index is 10.8. The van der Waals surface area contributed by atoms with Crippen LogP contribution in [-0.4, -0.2) is 55.0 Å². The highest BCUT2D eigenvalue weighted by molar-refractivity contribution is 5.83. The lowest BCUT2D eigenvalue weighted by Gasteiger charge is -2.22. The SMILES string of the molecule is O=C(O)CC(CCC(O)(CC(=O)O)C(=O)O)C(=O)O. The van der Waals surface area contributed by atoms with Gasteiger partial charge in [0.15, 0.2) is 5.60 Å². The molecular weight excluding hydrogens is 264 g/mol. The number of aliphatic carboxylic acids is 4. The molecule has 0 radical (unpaired) electrons. The van der Waals surface area contributed by atoms with Crippen molar-refractivity contribution in [3.63, 3.8) is 0 Å². The van der Waals surface area contributed by atoms with Crippen molar-refractivity contribution in [1.82, 2.24) is 0 Å². The van der Waals surface area contributed by atoms with Crippen molar-refractivity contribution in [2.45, 2.75) is 31.3 Å². The molecule has 0 aliphatic carbocycles. The maximum Gasteiger partial charge on any atom is 0.336 e. The first-order valence-corrected chi connectivity index (χ1v) is 5.20. The van der Waals surface area contributed by atoms with E-state index in [1.165, 1.54) is 0 Å². The van der Waals surface area contributed by atoms with Crippen LogP contribution in [0.15, 0.2) is 0 Å². The summed E-state index contributed by atoms with van der Waals surface area (Å²) >= 11 is 0. The smallest absolute Gasteiger partial charge is 0.336 e. The molecule has 0 aromatic rings. The number of hydrogen-bond acceptors (Lipinski definition) is 5. The summed E-state index contributed by atoms with van der Waals surface area (Å²) < 4.78 is 0. The standard InChI is InChI=1S/C10H14O9/c11-6(12)3-5(8(15)16)1-2-10(19,9(17)18)4-7(13)14/h5,19H,1-4H2,(H,11,12)(H,13,14)(H,15,16)(H,17,18). The van der Waals surface area contributed by atoms with E-state index >= 15 is 0 Å². The molecule has 0 aliphatic heterocycles. The van der Waals surface area contributed by atoms with Gasteiger partial charge >= 0.3 is 23.9 Å². The Hall–Kier alpha value is -2.16. The third-order valence-electron chi connectivity index (χ3n) is 2.52. The van der Waals surface area contributed by atoms with Gasteiger partial charge in [0.25, 0.3) is 0 Å². The molecular formula is C10H14O9. The van der Waals surface area contributed by atoms with Crippen molar-refractivity contribution >= 4 is 23.9 Å². The van der Waals surface area contributed by atoms with Gasteiger partial charge < -0.3 is 25.5 Å². The highest BCUT2D eigenvalue weighted by Crippen LogP contribution is 2.23. The molecule has 5 N–H and O–H groups in total. The third-order valence-corrected chi connectivity index (χ3v) is 2.52. The summed E-state index contributed by atoms with van der Waals surface area (Å²) in [5.74, 6) is -7.59. The van der Waals surface area contributed by atoms with Gasteiger partial charge in [0.1, 0.15) is 0 Å². The Labute approximate surface area is 107 Å². The predicted molar refractivity (Wildman–Crippen MR) is 57.5 cm³/mol. The van der Waals surface area contributed by atoms with Crippen molar-refractivity contribution in [2.75, 3.05) is 0 Å². The minimum absolute atomic E-state index is 0.461. The predicted octanol–water partition coefficient (Wildman–Crippen LogP) is -0.767. The Morgan fingerprint density at radius 1 is 0.947 bits per heavy atom. The average molecular weight is 278 g/mol. The second-order valence-corrected chi connectivity index (χ2v) is 4.08. The minimum Gasteiger partial charge on any atom is -0.481 e. The molecule has 0 fully saturated rings. The number of rotatable bonds is 9. The Kier molecular flexibility index (Phi) is 5.93. The van der Waals surface area contributed by atoms with Crippen LogP contribution in [0.25, 0.3) is 0 Å². The number of aliphatic hydroxyl groups is 1. The summed E-state index contributed by atoms with van der Waals surface area (Å²) in [5, 5.41) is 44.0. The van der Waals surface area contributed by atoms with Gasteiger partial charge in [-0.3, -0.25) is 14.4 Å². The average Bonchev–Trinajstić information content (AvgIpc) is 2.22. The van der Waals surface area contributed by atoms with Crippen LogP contribution in [0.3, 0.4) is 0 Å². The lowest BCUT2D eigenvalue weighted by atomic mass is 9.88. The van der Waals surface area contributed by atoms with Crippen molar-refractivity contribution in [2.24, 2.45) is 5.92 Å². The topological polar surface area (TPSA) is 169 Å². The van der Waals surface area contributed by atoms with Crippen LogP contribution in [0, 0.1) is 5.92 Å². The van der Waals surface area contributed by atoms with Crippen LogP contribution in [0.2, 0.25) is 0 Å². The van der Waals surface area contributed by atoms with E-state index in [0.29, 0.717) is 0 Å². The molecule has 0 bridgehead atoms. The first kappa shape index (κ1) is 16.8. The molecule has 0 amide bonds. The summed E-state index contributed by atoms with van der Waals surface area (Å²) in [6.45, 7) is 0. The molecule has 9 heteroatoms. The monoisotopic (exact) mass is 278 g/mol. The fraction of sp³-hybridized carbons (Fsp3) is 0.600. The van der Waals surface area contributed by atoms with E-state index in [4.69, 9.17) is 20.4 Å². The van der Waals surface area contributed by atoms with E-state index < -0.39 is 61.1 Å². The Morgan fingerprint density at radius 3 is 1.79 bits per heavy atom. The second-order valence-electron chi connectivity index (χ2n) is 4.08. The third kappa shape index (κ3) is 5.82. The van der Waals surface area contributed by atoms with Crippen LogP contribution in [0.5, 0.6) is 0 Å². The highest BCUT2D eigenvalue weighted by atomic mass is 16.4. The fourth-order valence-corrected chi connectivity index (χ4v) is 1.46. The summed E-state index contributed by atoms with van der Waals surface area (Å²) in [5.41, 5.74) is -2.61. The first-order valence-electron chi connectivity index (χ1n) is 5.20. The van der Waals surface area contributed by atoms with E-state index in [-0.39, 0.29) is 0 Å². The van der Waals surface area contributed by atoms with E-state index in [1.54, 1.807) is 0 Å². The van der Waals surface area contributed by atoms with Crippen molar-refractivity contribution in [3.05, 3.63) is 0 Å². The van der Waals surface area contributed by atoms with Gasteiger partial charge in [-0.2, -0.15) is 0 Å². The van der Waals surface area contributed by atoms with Gasteiger partial charge in [-0.1, -0.05) is 0 Å². The number of carbonyl (C=O) groups is 4. The fourth-order valence-electron chi connectivity index (χ4n) is 1.46. The van der Waals surface area contributed by atoms with Crippen LogP contribution in [0.1, 0.15) is 25.7 Å². The number of carboxylic acids is 4. The lowest BCUT2D eigenvalue weighted by molar-refractivity contribution is -0.167. The quantitative estimate of drug-likeness (QED) is 0.363. The van der Waals surface area contributed by atoms with Gasteiger partial charge in [-0.05, 0) is 12.8 Å². The number of hydrogen-bond donors (Lipinski definition) is 5. The molecule has 0 spiro atoms. The Bertz CT molecular complexity index is 388. The zero-order valence-electron chi connectivity index (χ0n) is 9.77. The Morgan fingerprint density at radius 2 is 1.47 bits per heavy atom.